The Hall–Kier alpha value is -0.730. The molecule has 0 unspecified atom stereocenters. The van der Waals surface area contributed by atoms with Gasteiger partial charge in [-0.25, -0.2) is 4.98 Å². The highest BCUT2D eigenvalue weighted by molar-refractivity contribution is 8.00. The van der Waals surface area contributed by atoms with Gasteiger partial charge < -0.3 is 5.32 Å². The maximum absolute atomic E-state index is 4.31. The molecule has 0 aliphatic carbocycles. The number of thioether (sulfide) groups is 1. The number of hydrogen-bond acceptors (Lipinski definition) is 8. The number of hydrogen-bond donors (Lipinski definition) is 1. The van der Waals surface area contributed by atoms with Gasteiger partial charge in [0.25, 0.3) is 0 Å². The second-order valence-electron chi connectivity index (χ2n) is 3.37. The van der Waals surface area contributed by atoms with Crippen molar-refractivity contribution in [3.05, 3.63) is 11.5 Å². The van der Waals surface area contributed by atoms with Crippen molar-refractivity contribution in [1.82, 2.24) is 18.9 Å². The van der Waals surface area contributed by atoms with E-state index in [-0.39, 0.29) is 0 Å². The average molecular weight is 287 g/mol. The lowest BCUT2D eigenvalue weighted by atomic mass is 10.4. The smallest absolute Gasteiger partial charge is 0.170 e. The van der Waals surface area contributed by atoms with E-state index in [2.05, 4.69) is 31.2 Å². The molecule has 0 amide bonds. The number of nitrogens with one attached hydrogen (secondary N) is 1. The summed E-state index contributed by atoms with van der Waals surface area (Å²) in [6.07, 6.45) is 1.10. The molecule has 0 aliphatic heterocycles. The van der Waals surface area contributed by atoms with E-state index >= 15 is 0 Å². The van der Waals surface area contributed by atoms with E-state index in [4.69, 9.17) is 0 Å². The number of aryl methyl sites for hydroxylation is 1. The summed E-state index contributed by atoms with van der Waals surface area (Å²) in [6, 6.07) is 0. The summed E-state index contributed by atoms with van der Waals surface area (Å²) in [5, 5.41) is 8.53. The molecule has 0 atom stereocenters. The second-order valence-corrected chi connectivity index (χ2v) is 6.10. The molecule has 1 N–H and O–H groups in total. The van der Waals surface area contributed by atoms with Crippen LogP contribution in [0, 0.1) is 6.92 Å². The zero-order valence-corrected chi connectivity index (χ0v) is 12.1. The lowest BCUT2D eigenvalue weighted by Gasteiger charge is -2.01. The first kappa shape index (κ1) is 12.7. The Kier molecular flexibility index (Phi) is 4.69. The van der Waals surface area contributed by atoms with E-state index in [0.29, 0.717) is 0 Å². The van der Waals surface area contributed by atoms with Crippen molar-refractivity contribution in [1.29, 1.82) is 0 Å². The first-order chi connectivity index (χ1) is 8.29. The fraction of sp³-hybridized carbons (Fsp3) is 0.556. The summed E-state index contributed by atoms with van der Waals surface area (Å²) in [5.74, 6) is 1.62. The van der Waals surface area contributed by atoms with Crippen molar-refractivity contribution in [3.63, 3.8) is 0 Å². The van der Waals surface area contributed by atoms with Gasteiger partial charge in [0.1, 0.15) is 16.5 Å². The van der Waals surface area contributed by atoms with Crippen LogP contribution in [0.15, 0.2) is 4.34 Å². The molecule has 2 aromatic heterocycles. The monoisotopic (exact) mass is 287 g/mol. The second kappa shape index (κ2) is 6.27. The van der Waals surface area contributed by atoms with Crippen molar-refractivity contribution >= 4 is 39.8 Å². The highest BCUT2D eigenvalue weighted by atomic mass is 32.2. The summed E-state index contributed by atoms with van der Waals surface area (Å²) in [5.41, 5.74) is 1.00. The molecule has 8 heteroatoms. The van der Waals surface area contributed by atoms with E-state index in [0.717, 1.165) is 39.6 Å². The molecule has 0 radical (unpaired) electrons. The molecule has 0 bridgehead atoms. The minimum absolute atomic E-state index is 0.789. The van der Waals surface area contributed by atoms with Gasteiger partial charge in [-0.05, 0) is 24.9 Å². The average Bonchev–Trinajstić information content (AvgIpc) is 2.92. The third-order valence-corrected chi connectivity index (χ3v) is 4.59. The molecule has 17 heavy (non-hydrogen) atoms. The number of nitrogens with zero attached hydrogens (tertiary/aromatic N) is 4. The van der Waals surface area contributed by atoms with Gasteiger partial charge in [-0.2, -0.15) is 4.37 Å². The van der Waals surface area contributed by atoms with Crippen LogP contribution in [0.2, 0.25) is 0 Å². The maximum Gasteiger partial charge on any atom is 0.170 e. The zero-order chi connectivity index (χ0) is 12.1. The van der Waals surface area contributed by atoms with Crippen LogP contribution in [-0.2, 0) is 5.75 Å². The molecule has 0 fully saturated rings. The van der Waals surface area contributed by atoms with E-state index in [1.807, 2.05) is 6.92 Å². The van der Waals surface area contributed by atoms with Crippen LogP contribution in [0.1, 0.15) is 24.9 Å². The van der Waals surface area contributed by atoms with Gasteiger partial charge in [0.2, 0.25) is 0 Å². The molecule has 0 spiro atoms. The van der Waals surface area contributed by atoms with Gasteiger partial charge in [0, 0.05) is 23.8 Å². The topological polar surface area (TPSA) is 63.6 Å². The van der Waals surface area contributed by atoms with E-state index in [1.165, 1.54) is 23.1 Å². The normalized spacial score (nSPS) is 10.7. The summed E-state index contributed by atoms with van der Waals surface area (Å²) in [7, 11) is 0. The number of anilines is 1. The van der Waals surface area contributed by atoms with Crippen LogP contribution in [-0.4, -0.2) is 25.5 Å². The third-order valence-electron chi connectivity index (χ3n) is 1.93. The zero-order valence-electron chi connectivity index (χ0n) is 9.63. The van der Waals surface area contributed by atoms with Crippen LogP contribution in [0.25, 0.3) is 0 Å². The largest absolute Gasteiger partial charge is 0.374 e. The Morgan fingerprint density at radius 1 is 1.35 bits per heavy atom. The Balaban J connectivity index is 1.92. The number of aromatic nitrogens is 4. The Labute approximate surface area is 112 Å². The van der Waals surface area contributed by atoms with Crippen molar-refractivity contribution in [2.45, 2.75) is 30.4 Å². The van der Waals surface area contributed by atoms with Crippen LogP contribution in [0.5, 0.6) is 0 Å². The van der Waals surface area contributed by atoms with Gasteiger partial charge in [0.05, 0.1) is 0 Å². The van der Waals surface area contributed by atoms with Crippen molar-refractivity contribution in [2.75, 3.05) is 11.9 Å². The fourth-order valence-electron chi connectivity index (χ4n) is 1.14. The molecular weight excluding hydrogens is 274 g/mol. The molecule has 0 aliphatic rings. The minimum Gasteiger partial charge on any atom is -0.374 e. The predicted octanol–water partition coefficient (Wildman–Crippen LogP) is 2.81. The SMILES string of the molecule is CCCNc1snnc1CSc1nc(C)ns1. The highest BCUT2D eigenvalue weighted by Gasteiger charge is 2.09. The minimum atomic E-state index is 0.789. The van der Waals surface area contributed by atoms with Crippen LogP contribution < -0.4 is 5.32 Å². The lowest BCUT2D eigenvalue weighted by molar-refractivity contribution is 0.976. The third kappa shape index (κ3) is 3.62. The molecule has 0 aromatic carbocycles. The Bertz CT molecular complexity index is 467. The van der Waals surface area contributed by atoms with E-state index in [9.17, 15) is 0 Å². The summed E-state index contributed by atoms with van der Waals surface area (Å²) >= 11 is 4.50. The van der Waals surface area contributed by atoms with Gasteiger partial charge >= 0.3 is 0 Å². The summed E-state index contributed by atoms with van der Waals surface area (Å²) < 4.78 is 9.11. The van der Waals surface area contributed by atoms with E-state index < -0.39 is 0 Å². The van der Waals surface area contributed by atoms with Crippen molar-refractivity contribution in [3.8, 4) is 0 Å². The molecule has 0 saturated carbocycles. The molecule has 2 rings (SSSR count). The van der Waals surface area contributed by atoms with Crippen molar-refractivity contribution in [2.24, 2.45) is 0 Å². The Morgan fingerprint density at radius 2 is 2.24 bits per heavy atom. The number of rotatable bonds is 6. The quantitative estimate of drug-likeness (QED) is 0.824. The lowest BCUT2D eigenvalue weighted by Crippen LogP contribution is -2.00. The highest BCUT2D eigenvalue weighted by Crippen LogP contribution is 2.28. The predicted molar refractivity (Wildman–Crippen MR) is 72.9 cm³/mol. The Morgan fingerprint density at radius 3 is 2.94 bits per heavy atom. The first-order valence-corrected chi connectivity index (χ1v) is 7.81. The molecule has 2 heterocycles. The standard InChI is InChI=1S/C9H13N5S3/c1-3-4-10-8-7(12-14-16-8)5-15-9-11-6(2)13-17-9/h10H,3-5H2,1-2H3. The molecule has 5 nitrogen and oxygen atoms in total. The first-order valence-electron chi connectivity index (χ1n) is 5.27. The van der Waals surface area contributed by atoms with Gasteiger partial charge in [0.15, 0.2) is 4.34 Å². The molecule has 0 saturated heterocycles. The van der Waals surface area contributed by atoms with Gasteiger partial charge in [-0.3, -0.25) is 0 Å². The molecule has 2 aromatic rings. The van der Waals surface area contributed by atoms with Crippen LogP contribution in [0.3, 0.4) is 0 Å². The van der Waals surface area contributed by atoms with E-state index in [1.54, 1.807) is 11.8 Å². The molecular formula is C9H13N5S3. The van der Waals surface area contributed by atoms with Crippen molar-refractivity contribution < 1.29 is 0 Å². The summed E-state index contributed by atoms with van der Waals surface area (Å²) in [4.78, 5) is 4.31. The van der Waals surface area contributed by atoms with Gasteiger partial charge in [-0.1, -0.05) is 23.2 Å². The summed E-state index contributed by atoms with van der Waals surface area (Å²) in [6.45, 7) is 5.00. The maximum atomic E-state index is 4.31. The van der Waals surface area contributed by atoms with Crippen LogP contribution in [0.4, 0.5) is 5.00 Å². The van der Waals surface area contributed by atoms with Gasteiger partial charge in [-0.15, -0.1) is 5.10 Å². The molecule has 92 valence electrons. The fourth-order valence-corrected chi connectivity index (χ4v) is 3.42. The van der Waals surface area contributed by atoms with Crippen LogP contribution >= 0.6 is 34.8 Å².